The van der Waals surface area contributed by atoms with Gasteiger partial charge in [-0.1, -0.05) is 37.6 Å². The summed E-state index contributed by atoms with van der Waals surface area (Å²) in [5, 5.41) is 7.21. The predicted molar refractivity (Wildman–Crippen MR) is 224 cm³/mol. The monoisotopic (exact) mass is 744 g/mol. The third kappa shape index (κ3) is 12.7. The molecule has 0 bridgehead atoms. The second-order valence-electron chi connectivity index (χ2n) is 15.8. The molecule has 0 aliphatic rings. The van der Waals surface area contributed by atoms with Crippen LogP contribution in [0.1, 0.15) is 95.0 Å². The average Bonchev–Trinajstić information content (AvgIpc) is 3.46. The minimum atomic E-state index is -0.279. The maximum absolute atomic E-state index is 13.1. The Bertz CT molecular complexity index is 1860. The summed E-state index contributed by atoms with van der Waals surface area (Å²) >= 11 is 0. The zero-order valence-electron chi connectivity index (χ0n) is 33.9. The number of nitrogens with one attached hydrogen (secondary N) is 3. The summed E-state index contributed by atoms with van der Waals surface area (Å²) in [4.78, 5) is 53.1. The number of anilines is 2. The van der Waals surface area contributed by atoms with E-state index in [0.29, 0.717) is 35.2 Å². The van der Waals surface area contributed by atoms with Gasteiger partial charge in [-0.2, -0.15) is 0 Å². The van der Waals surface area contributed by atoms with E-state index in [4.69, 9.17) is 5.73 Å². The third-order valence-electron chi connectivity index (χ3n) is 10.3. The molecule has 0 spiro atoms. The molecule has 0 saturated heterocycles. The fourth-order valence-corrected chi connectivity index (χ4v) is 6.53. The van der Waals surface area contributed by atoms with Crippen molar-refractivity contribution in [3.63, 3.8) is 0 Å². The molecule has 0 radical (unpaired) electrons. The van der Waals surface area contributed by atoms with Gasteiger partial charge in [-0.15, -0.1) is 0 Å². The van der Waals surface area contributed by atoms with Gasteiger partial charge in [-0.3, -0.25) is 14.2 Å². The van der Waals surface area contributed by atoms with Crippen LogP contribution in [0.4, 0.5) is 11.5 Å². The molecule has 4 aromatic rings. The van der Waals surface area contributed by atoms with Crippen molar-refractivity contribution in [1.29, 1.82) is 0 Å². The SMILES string of the molecule is CCCCNc1ccc2c(c1)nc(N)c1[nH]c(=O)n(Cc3ccc(C(=O)CCC(=O)NCCCN(C)CCCCN(C)CCCN(C)C(C)(C)C)cc3)c12. The number of aromatic nitrogens is 3. The van der Waals surface area contributed by atoms with Crippen molar-refractivity contribution in [3.8, 4) is 0 Å². The lowest BCUT2D eigenvalue weighted by molar-refractivity contribution is -0.121. The Morgan fingerprint density at radius 2 is 1.52 bits per heavy atom. The summed E-state index contributed by atoms with van der Waals surface area (Å²) in [6, 6.07) is 13.1. The topological polar surface area (TPSA) is 145 Å². The first-order valence-corrected chi connectivity index (χ1v) is 19.8. The normalized spacial score (nSPS) is 12.1. The highest BCUT2D eigenvalue weighted by molar-refractivity contribution is 6.07. The van der Waals surface area contributed by atoms with Gasteiger partial charge in [0.25, 0.3) is 0 Å². The molecule has 0 saturated carbocycles. The van der Waals surface area contributed by atoms with Crippen LogP contribution in [0.3, 0.4) is 0 Å². The van der Waals surface area contributed by atoms with E-state index in [9.17, 15) is 14.4 Å². The quantitative estimate of drug-likeness (QED) is 0.0535. The lowest BCUT2D eigenvalue weighted by Crippen LogP contribution is -2.39. The number of Topliss-reactive ketones (excluding diaryl/α,β-unsaturated/α-hetero) is 1. The first-order valence-electron chi connectivity index (χ1n) is 19.8. The first kappa shape index (κ1) is 42.5. The molecular weight excluding hydrogens is 679 g/mol. The summed E-state index contributed by atoms with van der Waals surface area (Å²) < 4.78 is 1.66. The number of amides is 1. The zero-order valence-corrected chi connectivity index (χ0v) is 33.9. The molecule has 54 heavy (non-hydrogen) atoms. The van der Waals surface area contributed by atoms with Crippen LogP contribution in [0.15, 0.2) is 47.3 Å². The molecule has 0 unspecified atom stereocenters. The van der Waals surface area contributed by atoms with Crippen molar-refractivity contribution in [2.24, 2.45) is 0 Å². The number of carbonyl (C=O) groups is 2. The summed E-state index contributed by atoms with van der Waals surface area (Å²) in [7, 11) is 6.54. The number of nitrogen functional groups attached to an aromatic ring is 1. The van der Waals surface area contributed by atoms with Crippen LogP contribution in [-0.4, -0.2) is 113 Å². The molecule has 0 aliphatic heterocycles. The molecule has 0 fully saturated rings. The molecule has 2 aromatic heterocycles. The second-order valence-corrected chi connectivity index (χ2v) is 15.8. The van der Waals surface area contributed by atoms with Crippen molar-refractivity contribution in [1.82, 2.24) is 34.6 Å². The average molecular weight is 744 g/mol. The van der Waals surface area contributed by atoms with Crippen molar-refractivity contribution in [2.75, 3.05) is 78.0 Å². The van der Waals surface area contributed by atoms with E-state index in [-0.39, 0.29) is 41.6 Å². The van der Waals surface area contributed by atoms with Crippen LogP contribution in [0.5, 0.6) is 0 Å². The minimum absolute atomic E-state index is 0.0863. The number of aromatic amines is 1. The second kappa shape index (κ2) is 20.4. The van der Waals surface area contributed by atoms with Gasteiger partial charge in [0, 0.05) is 48.1 Å². The number of unbranched alkanes of at least 4 members (excludes halogenated alkanes) is 2. The molecule has 12 nitrogen and oxygen atoms in total. The van der Waals surface area contributed by atoms with Crippen molar-refractivity contribution in [2.45, 2.75) is 91.1 Å². The maximum atomic E-state index is 13.1. The fraction of sp³-hybridized carbons (Fsp3) is 0.571. The Kier molecular flexibility index (Phi) is 16.1. The number of nitrogens with two attached hydrogens (primary N) is 1. The summed E-state index contributed by atoms with van der Waals surface area (Å²) in [6.45, 7) is 16.0. The number of carbonyl (C=O) groups excluding carboxylic acids is 2. The Balaban J connectivity index is 1.16. The molecule has 296 valence electrons. The first-order chi connectivity index (χ1) is 25.8. The number of H-pyrrole nitrogens is 1. The smallest absolute Gasteiger partial charge is 0.326 e. The van der Waals surface area contributed by atoms with Gasteiger partial charge in [0.05, 0.1) is 17.6 Å². The van der Waals surface area contributed by atoms with Gasteiger partial charge in [0.1, 0.15) is 11.3 Å². The summed E-state index contributed by atoms with van der Waals surface area (Å²) in [5.74, 6) is 0.0760. The number of hydrogen-bond donors (Lipinski definition) is 4. The standard InChI is InChI=1S/C42H65N9O3/c1-8-9-22-44-33-18-19-34-35(29-33)46-40(43)38-39(34)51(41(54)47-38)30-31-14-16-32(17-15-31)36(52)20-21-37(53)45-23-12-26-48(5)24-10-11-25-49(6)27-13-28-50(7)42(2,3)4/h14-19,29,44H,8-13,20-28,30H2,1-7H3,(H2,43,46)(H,45,53)(H,47,54). The van der Waals surface area contributed by atoms with E-state index < -0.39 is 0 Å². The van der Waals surface area contributed by atoms with E-state index in [2.05, 4.69) is 84.1 Å². The Labute approximate surface area is 321 Å². The number of hydrogen-bond acceptors (Lipinski definition) is 9. The number of rotatable bonds is 23. The van der Waals surface area contributed by atoms with Crippen LogP contribution in [-0.2, 0) is 11.3 Å². The number of pyridine rings is 1. The van der Waals surface area contributed by atoms with Crippen LogP contribution < -0.4 is 22.1 Å². The van der Waals surface area contributed by atoms with Gasteiger partial charge < -0.3 is 36.1 Å². The number of imidazole rings is 1. The highest BCUT2D eigenvalue weighted by Crippen LogP contribution is 2.28. The lowest BCUT2D eigenvalue weighted by atomic mass is 10.0. The minimum Gasteiger partial charge on any atom is -0.385 e. The van der Waals surface area contributed by atoms with Gasteiger partial charge in [-0.25, -0.2) is 9.78 Å². The molecule has 2 aromatic carbocycles. The number of benzene rings is 2. The highest BCUT2D eigenvalue weighted by atomic mass is 16.2. The molecule has 0 atom stereocenters. The largest absolute Gasteiger partial charge is 0.385 e. The van der Waals surface area contributed by atoms with Crippen LogP contribution in [0.2, 0.25) is 0 Å². The summed E-state index contributed by atoms with van der Waals surface area (Å²) in [5.41, 5.74) is 10.5. The summed E-state index contributed by atoms with van der Waals surface area (Å²) in [6.07, 6.45) is 6.85. The Morgan fingerprint density at radius 1 is 0.852 bits per heavy atom. The van der Waals surface area contributed by atoms with Crippen molar-refractivity contribution in [3.05, 3.63) is 64.1 Å². The molecule has 5 N–H and O–H groups in total. The van der Waals surface area contributed by atoms with Gasteiger partial charge >= 0.3 is 5.69 Å². The van der Waals surface area contributed by atoms with E-state index in [0.717, 1.165) is 81.6 Å². The van der Waals surface area contributed by atoms with Crippen LogP contribution >= 0.6 is 0 Å². The number of fused-ring (bicyclic) bond motifs is 3. The molecular formula is C42H65N9O3. The highest BCUT2D eigenvalue weighted by Gasteiger charge is 2.18. The Morgan fingerprint density at radius 3 is 2.19 bits per heavy atom. The van der Waals surface area contributed by atoms with E-state index in [1.54, 1.807) is 16.7 Å². The third-order valence-corrected chi connectivity index (χ3v) is 10.3. The lowest BCUT2D eigenvalue weighted by Gasteiger charge is -2.32. The van der Waals surface area contributed by atoms with E-state index in [1.165, 1.54) is 12.8 Å². The van der Waals surface area contributed by atoms with Crippen LogP contribution in [0.25, 0.3) is 21.9 Å². The predicted octanol–water partition coefficient (Wildman–Crippen LogP) is 5.95. The molecule has 4 rings (SSSR count). The maximum Gasteiger partial charge on any atom is 0.326 e. The van der Waals surface area contributed by atoms with Gasteiger partial charge in [0.15, 0.2) is 5.78 Å². The van der Waals surface area contributed by atoms with Gasteiger partial charge in [0.2, 0.25) is 5.91 Å². The van der Waals surface area contributed by atoms with E-state index >= 15 is 0 Å². The number of ketones is 1. The van der Waals surface area contributed by atoms with Gasteiger partial charge in [-0.05, 0) is 131 Å². The Hall–Kier alpha value is -4.26. The number of nitrogens with zero attached hydrogens (tertiary/aromatic N) is 5. The van der Waals surface area contributed by atoms with E-state index in [1.807, 2.05) is 30.3 Å². The molecule has 0 aliphatic carbocycles. The van der Waals surface area contributed by atoms with Crippen molar-refractivity contribution >= 4 is 45.1 Å². The fourth-order valence-electron chi connectivity index (χ4n) is 6.53. The molecule has 12 heteroatoms. The molecule has 2 heterocycles. The zero-order chi connectivity index (χ0) is 39.3. The van der Waals surface area contributed by atoms with Crippen molar-refractivity contribution < 1.29 is 9.59 Å². The molecule has 1 amide bonds. The van der Waals surface area contributed by atoms with Crippen LogP contribution in [0, 0.1) is 0 Å².